The summed E-state index contributed by atoms with van der Waals surface area (Å²) in [6.45, 7) is 9.87. The molecule has 0 aliphatic heterocycles. The first-order valence-corrected chi connectivity index (χ1v) is 5.65. The summed E-state index contributed by atoms with van der Waals surface area (Å²) in [5.41, 5.74) is 2.46. The Kier molecular flexibility index (Phi) is 4.99. The summed E-state index contributed by atoms with van der Waals surface area (Å²) in [5, 5.41) is 3.18. The first-order valence-electron chi connectivity index (χ1n) is 5.65. The zero-order valence-corrected chi connectivity index (χ0v) is 10.4. The molecule has 0 aromatic carbocycles. The van der Waals surface area contributed by atoms with E-state index >= 15 is 0 Å². The molecule has 0 atom stereocenters. The zero-order chi connectivity index (χ0) is 12.0. The maximum absolute atomic E-state index is 4.21. The Labute approximate surface area is 98.2 Å². The lowest BCUT2D eigenvalue weighted by molar-refractivity contribution is 0.709. The van der Waals surface area contributed by atoms with Crippen LogP contribution < -0.4 is 10.2 Å². The van der Waals surface area contributed by atoms with Gasteiger partial charge < -0.3 is 10.2 Å². The van der Waals surface area contributed by atoms with E-state index in [0.717, 1.165) is 13.1 Å². The summed E-state index contributed by atoms with van der Waals surface area (Å²) in [7, 11) is 1.96. The fraction of sp³-hybridized carbons (Fsp3) is 0.462. The molecule has 0 saturated carbocycles. The Bertz CT molecular complexity index is 334. The highest BCUT2D eigenvalue weighted by Crippen LogP contribution is 2.21. The monoisotopic (exact) mass is 219 g/mol. The Morgan fingerprint density at radius 2 is 2.31 bits per heavy atom. The lowest BCUT2D eigenvalue weighted by Crippen LogP contribution is -2.32. The van der Waals surface area contributed by atoms with Crippen LogP contribution in [0.5, 0.6) is 0 Å². The molecule has 1 heterocycles. The molecule has 0 radical (unpaired) electrons. The van der Waals surface area contributed by atoms with Gasteiger partial charge >= 0.3 is 0 Å². The third-order valence-electron chi connectivity index (χ3n) is 2.51. The minimum absolute atomic E-state index is 0.442. The molecule has 0 amide bonds. The van der Waals surface area contributed by atoms with Crippen molar-refractivity contribution in [3.63, 3.8) is 0 Å². The van der Waals surface area contributed by atoms with Gasteiger partial charge in [-0.25, -0.2) is 0 Å². The van der Waals surface area contributed by atoms with E-state index < -0.39 is 0 Å². The highest BCUT2D eigenvalue weighted by molar-refractivity contribution is 5.52. The number of pyridine rings is 1. The summed E-state index contributed by atoms with van der Waals surface area (Å²) >= 11 is 0. The molecular weight excluding hydrogens is 198 g/mol. The van der Waals surface area contributed by atoms with Crippen LogP contribution in [0.4, 0.5) is 5.69 Å². The predicted molar refractivity (Wildman–Crippen MR) is 69.7 cm³/mol. The second-order valence-corrected chi connectivity index (χ2v) is 4.07. The van der Waals surface area contributed by atoms with Crippen molar-refractivity contribution in [2.75, 3.05) is 18.5 Å². The van der Waals surface area contributed by atoms with Crippen molar-refractivity contribution in [2.24, 2.45) is 0 Å². The predicted octanol–water partition coefficient (Wildman–Crippen LogP) is 2.20. The van der Waals surface area contributed by atoms with Crippen molar-refractivity contribution in [2.45, 2.75) is 26.4 Å². The highest BCUT2D eigenvalue weighted by Gasteiger charge is 2.12. The van der Waals surface area contributed by atoms with Crippen LogP contribution in [0, 0.1) is 0 Å². The first kappa shape index (κ1) is 12.7. The fourth-order valence-corrected chi connectivity index (χ4v) is 1.74. The molecule has 1 N–H and O–H groups in total. The standard InChI is InChI=1S/C13H21N3/c1-5-8-16(11(2)3)13-10-15-7-6-12(13)9-14-4/h5-7,10-11,14H,1,8-9H2,2-4H3. The van der Waals surface area contributed by atoms with Crippen molar-refractivity contribution >= 4 is 5.69 Å². The molecule has 1 aromatic rings. The number of rotatable bonds is 6. The Balaban J connectivity index is 3.02. The van der Waals surface area contributed by atoms with E-state index in [1.54, 1.807) is 0 Å². The SMILES string of the molecule is C=CCN(c1cnccc1CNC)C(C)C. The first-order chi connectivity index (χ1) is 7.70. The number of nitrogens with one attached hydrogen (secondary N) is 1. The van der Waals surface area contributed by atoms with Gasteiger partial charge in [0.15, 0.2) is 0 Å². The van der Waals surface area contributed by atoms with Crippen molar-refractivity contribution in [3.8, 4) is 0 Å². The lowest BCUT2D eigenvalue weighted by Gasteiger charge is -2.29. The van der Waals surface area contributed by atoms with Crippen molar-refractivity contribution < 1.29 is 0 Å². The molecule has 1 aromatic heterocycles. The van der Waals surface area contributed by atoms with Crippen LogP contribution in [0.1, 0.15) is 19.4 Å². The van der Waals surface area contributed by atoms with E-state index in [0.29, 0.717) is 6.04 Å². The fourth-order valence-electron chi connectivity index (χ4n) is 1.74. The largest absolute Gasteiger partial charge is 0.364 e. The topological polar surface area (TPSA) is 28.2 Å². The summed E-state index contributed by atoms with van der Waals surface area (Å²) in [4.78, 5) is 6.51. The maximum Gasteiger partial charge on any atom is 0.0603 e. The van der Waals surface area contributed by atoms with Gasteiger partial charge in [0.2, 0.25) is 0 Å². The molecule has 3 nitrogen and oxygen atoms in total. The minimum atomic E-state index is 0.442. The Morgan fingerprint density at radius 3 is 2.88 bits per heavy atom. The number of hydrogen-bond donors (Lipinski definition) is 1. The highest BCUT2D eigenvalue weighted by atomic mass is 15.2. The van der Waals surface area contributed by atoms with Gasteiger partial charge in [0, 0.05) is 25.3 Å². The summed E-state index contributed by atoms with van der Waals surface area (Å²) < 4.78 is 0. The molecule has 0 aliphatic rings. The van der Waals surface area contributed by atoms with E-state index in [-0.39, 0.29) is 0 Å². The third-order valence-corrected chi connectivity index (χ3v) is 2.51. The molecule has 0 fully saturated rings. The number of anilines is 1. The summed E-state index contributed by atoms with van der Waals surface area (Å²) in [5.74, 6) is 0. The molecule has 0 aliphatic carbocycles. The van der Waals surface area contributed by atoms with Gasteiger partial charge in [-0.05, 0) is 32.5 Å². The van der Waals surface area contributed by atoms with Gasteiger partial charge in [-0.2, -0.15) is 0 Å². The van der Waals surface area contributed by atoms with Gasteiger partial charge in [0.25, 0.3) is 0 Å². The van der Waals surface area contributed by atoms with Crippen molar-refractivity contribution in [1.82, 2.24) is 10.3 Å². The quantitative estimate of drug-likeness (QED) is 0.743. The summed E-state index contributed by atoms with van der Waals surface area (Å²) in [6, 6.07) is 2.50. The van der Waals surface area contributed by atoms with Gasteiger partial charge in [0.1, 0.15) is 0 Å². The number of hydrogen-bond acceptors (Lipinski definition) is 3. The Morgan fingerprint density at radius 1 is 1.56 bits per heavy atom. The van der Waals surface area contributed by atoms with Gasteiger partial charge in [-0.1, -0.05) is 6.08 Å². The average molecular weight is 219 g/mol. The van der Waals surface area contributed by atoms with Crippen molar-refractivity contribution in [3.05, 3.63) is 36.7 Å². The third kappa shape index (κ3) is 3.07. The van der Waals surface area contributed by atoms with E-state index in [2.05, 4.69) is 41.7 Å². The molecule has 0 spiro atoms. The van der Waals surface area contributed by atoms with Crippen LogP contribution in [-0.4, -0.2) is 24.6 Å². The van der Waals surface area contributed by atoms with E-state index in [4.69, 9.17) is 0 Å². The summed E-state index contributed by atoms with van der Waals surface area (Å²) in [6.07, 6.45) is 5.69. The molecule has 3 heteroatoms. The smallest absolute Gasteiger partial charge is 0.0603 e. The molecule has 0 unspecified atom stereocenters. The van der Waals surface area contributed by atoms with Gasteiger partial charge in [0.05, 0.1) is 11.9 Å². The maximum atomic E-state index is 4.21. The second kappa shape index (κ2) is 6.28. The van der Waals surface area contributed by atoms with Crippen LogP contribution in [0.25, 0.3) is 0 Å². The zero-order valence-electron chi connectivity index (χ0n) is 10.4. The van der Waals surface area contributed by atoms with E-state index in [9.17, 15) is 0 Å². The van der Waals surface area contributed by atoms with Gasteiger partial charge in [-0.3, -0.25) is 4.98 Å². The lowest BCUT2D eigenvalue weighted by atomic mass is 10.1. The Hall–Kier alpha value is -1.35. The van der Waals surface area contributed by atoms with Crippen LogP contribution in [-0.2, 0) is 6.54 Å². The molecule has 16 heavy (non-hydrogen) atoms. The number of aromatic nitrogens is 1. The average Bonchev–Trinajstić information content (AvgIpc) is 2.27. The minimum Gasteiger partial charge on any atom is -0.364 e. The van der Waals surface area contributed by atoms with Crippen LogP contribution >= 0.6 is 0 Å². The molecule has 1 rings (SSSR count). The van der Waals surface area contributed by atoms with Crippen LogP contribution in [0.15, 0.2) is 31.1 Å². The van der Waals surface area contributed by atoms with Gasteiger partial charge in [-0.15, -0.1) is 6.58 Å². The second-order valence-electron chi connectivity index (χ2n) is 4.07. The molecule has 88 valence electrons. The van der Waals surface area contributed by atoms with Crippen LogP contribution in [0.3, 0.4) is 0 Å². The molecule has 0 bridgehead atoms. The normalized spacial score (nSPS) is 10.5. The van der Waals surface area contributed by atoms with E-state index in [1.807, 2.05) is 25.5 Å². The molecular formula is C13H21N3. The molecule has 0 saturated heterocycles. The van der Waals surface area contributed by atoms with E-state index in [1.165, 1.54) is 11.3 Å². The number of nitrogens with zero attached hydrogens (tertiary/aromatic N) is 2. The van der Waals surface area contributed by atoms with Crippen LogP contribution in [0.2, 0.25) is 0 Å². The van der Waals surface area contributed by atoms with Crippen molar-refractivity contribution in [1.29, 1.82) is 0 Å².